The molecule has 8 heteroatoms. The van der Waals surface area contributed by atoms with Crippen molar-refractivity contribution in [2.24, 2.45) is 0 Å². The van der Waals surface area contributed by atoms with Gasteiger partial charge in [0.2, 0.25) is 0 Å². The summed E-state index contributed by atoms with van der Waals surface area (Å²) in [6, 6.07) is 0. The number of carbonyl (C=O) groups is 1. The highest BCUT2D eigenvalue weighted by Crippen LogP contribution is 2.35. The smallest absolute Gasteiger partial charge is 0.376 e. The maximum absolute atomic E-state index is 10.2. The van der Waals surface area contributed by atoms with Crippen LogP contribution in [0.2, 0.25) is 0 Å². The molecule has 0 bridgehead atoms. The molecule has 0 aliphatic carbocycles. The van der Waals surface area contributed by atoms with Crippen LogP contribution in [0.4, 0.5) is 0 Å². The van der Waals surface area contributed by atoms with Crippen LogP contribution >= 0.6 is 16.5 Å². The van der Waals surface area contributed by atoms with Gasteiger partial charge >= 0.3 is 22.5 Å². The molecule has 0 spiro atoms. The molecule has 6 nitrogen and oxygen atoms in total. The van der Waals surface area contributed by atoms with Gasteiger partial charge in [-0.3, -0.25) is 9.36 Å². The van der Waals surface area contributed by atoms with Crippen LogP contribution in [0.3, 0.4) is 0 Å². The van der Waals surface area contributed by atoms with Crippen LogP contribution in [0.15, 0.2) is 0 Å². The average Bonchev–Trinajstić information content (AvgIpc) is 1.58. The Balaban J connectivity index is 3.65. The fraction of sp³-hybridized carbons (Fsp3) is 0.500. The first-order chi connectivity index (χ1) is 4.52. The molecule has 0 saturated heterocycles. The van der Waals surface area contributed by atoms with Crippen molar-refractivity contribution in [2.45, 2.75) is 6.92 Å². The maximum atomic E-state index is 10.2. The topological polar surface area (TPSA) is 89.9 Å². The Bertz CT molecular complexity index is 157. The highest BCUT2D eigenvalue weighted by atomic mass is 31.2. The van der Waals surface area contributed by atoms with Crippen LogP contribution in [0, 0.1) is 0 Å². The molecule has 2 atom stereocenters. The van der Waals surface area contributed by atoms with Gasteiger partial charge < -0.3 is 9.42 Å². The van der Waals surface area contributed by atoms with Gasteiger partial charge in [0.15, 0.2) is 0 Å². The molecule has 0 aromatic heterocycles. The minimum Gasteiger partial charge on any atom is -0.394 e. The number of hydrogen-bond donors (Lipinski definition) is 1. The highest BCUT2D eigenvalue weighted by molar-refractivity contribution is 7.47. The fourth-order valence-corrected chi connectivity index (χ4v) is 1.18. The van der Waals surface area contributed by atoms with E-state index in [0.29, 0.717) is 0 Å². The fourth-order valence-electron chi connectivity index (χ4n) is 0.209. The lowest BCUT2D eigenvalue weighted by molar-refractivity contribution is -0.131. The Morgan fingerprint density at radius 3 is 2.30 bits per heavy atom. The minimum atomic E-state index is -3.27. The standard InChI is InChI=1S/C2H6O6P2/c1-2(3)7-10(6)8-9(4)5/h9-10H,1H3,(H,4,5). The summed E-state index contributed by atoms with van der Waals surface area (Å²) in [5.74, 6) is -0.813. The van der Waals surface area contributed by atoms with Gasteiger partial charge in [-0.2, -0.15) is 0 Å². The summed E-state index contributed by atoms with van der Waals surface area (Å²) in [4.78, 5) is 18.0. The quantitative estimate of drug-likeness (QED) is 0.642. The van der Waals surface area contributed by atoms with Gasteiger partial charge in [0.1, 0.15) is 0 Å². The van der Waals surface area contributed by atoms with Crippen LogP contribution in [0.1, 0.15) is 6.92 Å². The van der Waals surface area contributed by atoms with Crippen molar-refractivity contribution in [3.8, 4) is 0 Å². The van der Waals surface area contributed by atoms with Gasteiger partial charge in [-0.05, 0) is 0 Å². The third kappa shape index (κ3) is 5.98. The van der Waals surface area contributed by atoms with E-state index in [9.17, 15) is 13.9 Å². The predicted molar refractivity (Wildman–Crippen MR) is 33.1 cm³/mol. The Labute approximate surface area is 58.0 Å². The zero-order chi connectivity index (χ0) is 8.15. The van der Waals surface area contributed by atoms with Crippen LogP contribution < -0.4 is 0 Å². The van der Waals surface area contributed by atoms with E-state index in [1.807, 2.05) is 0 Å². The van der Waals surface area contributed by atoms with Crippen molar-refractivity contribution in [1.82, 2.24) is 0 Å². The second kappa shape index (κ2) is 4.63. The summed E-state index contributed by atoms with van der Waals surface area (Å²) in [7, 11) is -6.38. The van der Waals surface area contributed by atoms with E-state index in [4.69, 9.17) is 4.89 Å². The summed E-state index contributed by atoms with van der Waals surface area (Å²) in [5.41, 5.74) is 0. The molecular weight excluding hydrogens is 182 g/mol. The Kier molecular flexibility index (Phi) is 4.56. The predicted octanol–water partition coefficient (Wildman–Crippen LogP) is 0.338. The van der Waals surface area contributed by atoms with Gasteiger partial charge in [-0.25, -0.2) is 8.88 Å². The molecule has 0 amide bonds. The van der Waals surface area contributed by atoms with Gasteiger partial charge in [0.05, 0.1) is 0 Å². The molecule has 60 valence electrons. The first-order valence-corrected chi connectivity index (χ1v) is 4.64. The lowest BCUT2D eigenvalue weighted by Crippen LogP contribution is -1.88. The highest BCUT2D eigenvalue weighted by Gasteiger charge is 2.04. The van der Waals surface area contributed by atoms with Crippen LogP contribution in [0.25, 0.3) is 0 Å². The number of rotatable bonds is 3. The molecule has 0 rings (SSSR count). The molecule has 0 aliphatic heterocycles. The summed E-state index contributed by atoms with van der Waals surface area (Å²) in [6.07, 6.45) is 0. The molecule has 0 aliphatic rings. The van der Waals surface area contributed by atoms with Crippen molar-refractivity contribution < 1.29 is 27.7 Å². The zero-order valence-corrected chi connectivity index (χ0v) is 6.99. The molecule has 0 saturated carbocycles. The largest absolute Gasteiger partial charge is 0.394 e. The van der Waals surface area contributed by atoms with Gasteiger partial charge in [-0.15, -0.1) is 0 Å². The molecule has 0 fully saturated rings. The number of carbonyl (C=O) groups excluding carboxylic acids is 1. The van der Waals surface area contributed by atoms with Crippen molar-refractivity contribution in [3.63, 3.8) is 0 Å². The lowest BCUT2D eigenvalue weighted by atomic mass is 10.9. The van der Waals surface area contributed by atoms with E-state index in [1.165, 1.54) is 0 Å². The summed E-state index contributed by atoms with van der Waals surface area (Å²) >= 11 is 0. The van der Waals surface area contributed by atoms with E-state index >= 15 is 0 Å². The zero-order valence-electron chi connectivity index (χ0n) is 4.99. The first kappa shape index (κ1) is 9.85. The van der Waals surface area contributed by atoms with E-state index in [1.54, 1.807) is 0 Å². The van der Waals surface area contributed by atoms with E-state index < -0.39 is 22.5 Å². The molecule has 0 heterocycles. The monoisotopic (exact) mass is 188 g/mol. The second-order valence-electron chi connectivity index (χ2n) is 1.21. The third-order valence-electron chi connectivity index (χ3n) is 0.398. The van der Waals surface area contributed by atoms with Crippen LogP contribution in [-0.2, 0) is 22.8 Å². The summed E-state index contributed by atoms with van der Waals surface area (Å²) in [5, 5.41) is 0. The Hall–Kier alpha value is -0.150. The molecule has 10 heavy (non-hydrogen) atoms. The van der Waals surface area contributed by atoms with Crippen molar-refractivity contribution in [3.05, 3.63) is 0 Å². The van der Waals surface area contributed by atoms with Crippen LogP contribution in [0.5, 0.6) is 0 Å². The van der Waals surface area contributed by atoms with Crippen molar-refractivity contribution in [2.75, 3.05) is 0 Å². The minimum absolute atomic E-state index is 0.813. The van der Waals surface area contributed by atoms with Gasteiger partial charge in [-0.1, -0.05) is 0 Å². The number of hydrogen-bond acceptors (Lipinski definition) is 5. The molecule has 0 aromatic carbocycles. The third-order valence-corrected chi connectivity index (χ3v) is 2.22. The average molecular weight is 188 g/mol. The molecule has 0 aromatic rings. The Morgan fingerprint density at radius 1 is 1.50 bits per heavy atom. The summed E-state index contributed by atoms with van der Waals surface area (Å²) in [6.45, 7) is 1.01. The second-order valence-corrected chi connectivity index (χ2v) is 3.26. The maximum Gasteiger partial charge on any atom is 0.376 e. The normalized spacial score (nSPS) is 15.8. The van der Waals surface area contributed by atoms with Crippen LogP contribution in [-0.4, -0.2) is 10.9 Å². The van der Waals surface area contributed by atoms with E-state index in [0.717, 1.165) is 6.92 Å². The molecule has 2 unspecified atom stereocenters. The van der Waals surface area contributed by atoms with E-state index in [-0.39, 0.29) is 0 Å². The Morgan fingerprint density at radius 2 is 2.00 bits per heavy atom. The van der Waals surface area contributed by atoms with Crippen molar-refractivity contribution in [1.29, 1.82) is 0 Å². The molecule has 1 N–H and O–H groups in total. The van der Waals surface area contributed by atoms with Gasteiger partial charge in [0, 0.05) is 6.92 Å². The summed E-state index contributed by atoms with van der Waals surface area (Å²) < 4.78 is 27.7. The van der Waals surface area contributed by atoms with E-state index in [2.05, 4.69) is 8.83 Å². The molecular formula is C2H6O6P2. The van der Waals surface area contributed by atoms with Gasteiger partial charge in [0.25, 0.3) is 0 Å². The van der Waals surface area contributed by atoms with Crippen molar-refractivity contribution >= 4 is 22.5 Å². The SMILES string of the molecule is CC(=O)O[PH](=O)O[PH](=O)O. The first-order valence-electron chi connectivity index (χ1n) is 2.15. The molecule has 0 radical (unpaired) electrons. The lowest BCUT2D eigenvalue weighted by Gasteiger charge is -1.97.